The van der Waals surface area contributed by atoms with Crippen LogP contribution in [-0.4, -0.2) is 67.5 Å². The van der Waals surface area contributed by atoms with Crippen LogP contribution in [0, 0.1) is 0 Å². The third-order valence-electron chi connectivity index (χ3n) is 4.73. The number of nitrogens with zero attached hydrogens (tertiary/aromatic N) is 6. The van der Waals surface area contributed by atoms with Crippen molar-refractivity contribution in [1.29, 1.82) is 0 Å². The number of aromatic nitrogens is 3. The maximum absolute atomic E-state index is 12.8. The van der Waals surface area contributed by atoms with Crippen molar-refractivity contribution in [1.82, 2.24) is 29.7 Å². The Balaban J connectivity index is 0.00000280. The number of aliphatic imine (C=N–C) groups is 1. The van der Waals surface area contributed by atoms with E-state index in [4.69, 9.17) is 4.99 Å². The minimum absolute atomic E-state index is 0. The fraction of sp³-hybridized carbons (Fsp3) is 0.579. The van der Waals surface area contributed by atoms with Gasteiger partial charge in [-0.3, -0.25) is 9.20 Å². The average molecular weight is 499 g/mol. The molecule has 8 nitrogen and oxygen atoms in total. The molecule has 1 aliphatic heterocycles. The van der Waals surface area contributed by atoms with E-state index < -0.39 is 0 Å². The summed E-state index contributed by atoms with van der Waals surface area (Å²) < 4.78 is 1.93. The van der Waals surface area contributed by atoms with Gasteiger partial charge in [-0.15, -0.1) is 34.2 Å². The molecule has 0 unspecified atom stereocenters. The summed E-state index contributed by atoms with van der Waals surface area (Å²) >= 11 is 0. The van der Waals surface area contributed by atoms with Crippen molar-refractivity contribution in [2.24, 2.45) is 4.99 Å². The number of pyridine rings is 1. The number of halogens is 1. The van der Waals surface area contributed by atoms with Crippen molar-refractivity contribution in [2.75, 3.05) is 19.6 Å². The molecule has 0 bridgehead atoms. The highest BCUT2D eigenvalue weighted by Crippen LogP contribution is 2.24. The van der Waals surface area contributed by atoms with Crippen molar-refractivity contribution in [3.8, 4) is 0 Å². The zero-order valence-electron chi connectivity index (χ0n) is 17.2. The smallest absolute Gasteiger partial charge is 0.242 e. The molecule has 2 aromatic rings. The monoisotopic (exact) mass is 499 g/mol. The molecule has 0 atom stereocenters. The SMILES string of the molecule is CCNC(=NCc1nnc2ccccn12)N1CC(=O)N(C(C)C)C(C)(C)C1.I. The summed E-state index contributed by atoms with van der Waals surface area (Å²) in [6, 6.07) is 5.97. The molecule has 1 saturated heterocycles. The number of carbonyl (C=O) groups is 1. The van der Waals surface area contributed by atoms with Gasteiger partial charge in [0.05, 0.1) is 12.1 Å². The molecule has 0 aromatic carbocycles. The van der Waals surface area contributed by atoms with E-state index in [2.05, 4.69) is 43.2 Å². The Morgan fingerprint density at radius 3 is 2.71 bits per heavy atom. The summed E-state index contributed by atoms with van der Waals surface area (Å²) in [6.45, 7) is 12.5. The zero-order chi connectivity index (χ0) is 19.6. The van der Waals surface area contributed by atoms with E-state index in [1.54, 1.807) is 0 Å². The second kappa shape index (κ2) is 9.06. The standard InChI is InChI=1S/C19H29N7O.HI/c1-6-20-18(21-11-16-23-22-15-9-7-8-10-25(15)16)24-12-17(27)26(14(2)3)19(4,5)13-24;/h7-10,14H,6,11-13H2,1-5H3,(H,20,21);1H. The van der Waals surface area contributed by atoms with E-state index in [0.29, 0.717) is 13.1 Å². The fourth-order valence-corrected chi connectivity index (χ4v) is 3.88. The van der Waals surface area contributed by atoms with Gasteiger partial charge in [-0.2, -0.15) is 0 Å². The molecule has 1 aliphatic rings. The molecule has 3 rings (SSSR count). The average Bonchev–Trinajstić information content (AvgIpc) is 3.00. The highest BCUT2D eigenvalue weighted by molar-refractivity contribution is 14.0. The summed E-state index contributed by atoms with van der Waals surface area (Å²) in [4.78, 5) is 21.5. The Labute approximate surface area is 183 Å². The van der Waals surface area contributed by atoms with Gasteiger partial charge in [-0.25, -0.2) is 4.99 Å². The molecule has 9 heteroatoms. The van der Waals surface area contributed by atoms with Crippen LogP contribution in [0.5, 0.6) is 0 Å². The molecule has 2 aromatic heterocycles. The molecule has 0 spiro atoms. The van der Waals surface area contributed by atoms with Crippen LogP contribution >= 0.6 is 24.0 Å². The Kier molecular flexibility index (Phi) is 7.24. The van der Waals surface area contributed by atoms with Gasteiger partial charge >= 0.3 is 0 Å². The Morgan fingerprint density at radius 1 is 1.32 bits per heavy atom. The second-order valence-corrected chi connectivity index (χ2v) is 7.74. The molecule has 3 heterocycles. The van der Waals surface area contributed by atoms with Crippen molar-refractivity contribution < 1.29 is 4.79 Å². The Morgan fingerprint density at radius 2 is 2.07 bits per heavy atom. The third-order valence-corrected chi connectivity index (χ3v) is 4.73. The first kappa shape index (κ1) is 22.4. The zero-order valence-corrected chi connectivity index (χ0v) is 19.5. The van der Waals surface area contributed by atoms with Gasteiger partial charge in [0.15, 0.2) is 17.4 Å². The molecule has 0 radical (unpaired) electrons. The lowest BCUT2D eigenvalue weighted by atomic mass is 9.96. The van der Waals surface area contributed by atoms with E-state index in [-0.39, 0.29) is 41.5 Å². The first-order chi connectivity index (χ1) is 12.8. The summed E-state index contributed by atoms with van der Waals surface area (Å²) in [5.74, 6) is 1.63. The summed E-state index contributed by atoms with van der Waals surface area (Å²) in [6.07, 6.45) is 1.93. The molecule has 0 aliphatic carbocycles. The van der Waals surface area contributed by atoms with Crippen LogP contribution in [0.15, 0.2) is 29.4 Å². The van der Waals surface area contributed by atoms with Gasteiger partial charge in [0.1, 0.15) is 6.54 Å². The maximum Gasteiger partial charge on any atom is 0.242 e. The number of nitrogens with one attached hydrogen (secondary N) is 1. The summed E-state index contributed by atoms with van der Waals surface area (Å²) in [5, 5.41) is 11.7. The number of carbonyl (C=O) groups excluding carboxylic acids is 1. The normalized spacial score (nSPS) is 17.2. The van der Waals surface area contributed by atoms with Crippen LogP contribution in [-0.2, 0) is 11.3 Å². The van der Waals surface area contributed by atoms with Crippen LogP contribution in [0.3, 0.4) is 0 Å². The number of hydrogen-bond acceptors (Lipinski definition) is 4. The predicted octanol–water partition coefficient (Wildman–Crippen LogP) is 2.14. The van der Waals surface area contributed by atoms with Crippen LogP contribution in [0.25, 0.3) is 5.65 Å². The van der Waals surface area contributed by atoms with Crippen molar-refractivity contribution in [3.63, 3.8) is 0 Å². The minimum atomic E-state index is -0.263. The number of guanidine groups is 1. The molecule has 0 saturated carbocycles. The Hall–Kier alpha value is -1.91. The summed E-state index contributed by atoms with van der Waals surface area (Å²) in [7, 11) is 0. The van der Waals surface area contributed by atoms with Gasteiger partial charge in [0, 0.05) is 25.3 Å². The lowest BCUT2D eigenvalue weighted by molar-refractivity contribution is -0.145. The largest absolute Gasteiger partial charge is 0.356 e. The van der Waals surface area contributed by atoms with Crippen molar-refractivity contribution in [3.05, 3.63) is 30.2 Å². The molecule has 1 N–H and O–H groups in total. The van der Waals surface area contributed by atoms with Crippen molar-refractivity contribution >= 4 is 41.5 Å². The lowest BCUT2D eigenvalue weighted by Crippen LogP contribution is -2.66. The maximum atomic E-state index is 12.8. The van der Waals surface area contributed by atoms with Crippen LogP contribution in [0.2, 0.25) is 0 Å². The predicted molar refractivity (Wildman–Crippen MR) is 121 cm³/mol. The fourth-order valence-electron chi connectivity index (χ4n) is 3.88. The van der Waals surface area contributed by atoms with Gasteiger partial charge in [-0.05, 0) is 46.8 Å². The third kappa shape index (κ3) is 4.56. The number of piperazine rings is 1. The van der Waals surface area contributed by atoms with Crippen LogP contribution in [0.1, 0.15) is 40.4 Å². The number of rotatable bonds is 4. The first-order valence-electron chi connectivity index (χ1n) is 9.47. The quantitative estimate of drug-likeness (QED) is 0.397. The molecule has 1 fully saturated rings. The van der Waals surface area contributed by atoms with Gasteiger partial charge in [-0.1, -0.05) is 6.07 Å². The van der Waals surface area contributed by atoms with E-state index in [1.165, 1.54) is 0 Å². The second-order valence-electron chi connectivity index (χ2n) is 7.74. The number of fused-ring (bicyclic) bond motifs is 1. The molecular formula is C19H30IN7O. The van der Waals surface area contributed by atoms with E-state index in [9.17, 15) is 4.79 Å². The van der Waals surface area contributed by atoms with E-state index in [0.717, 1.165) is 30.5 Å². The Bertz CT molecular complexity index is 846. The van der Waals surface area contributed by atoms with Gasteiger partial charge < -0.3 is 15.1 Å². The van der Waals surface area contributed by atoms with E-state index >= 15 is 0 Å². The first-order valence-corrected chi connectivity index (χ1v) is 9.47. The minimum Gasteiger partial charge on any atom is -0.356 e. The number of amides is 1. The van der Waals surface area contributed by atoms with E-state index in [1.807, 2.05) is 45.5 Å². The molecule has 28 heavy (non-hydrogen) atoms. The van der Waals surface area contributed by atoms with Gasteiger partial charge in [0.2, 0.25) is 5.91 Å². The highest BCUT2D eigenvalue weighted by Gasteiger charge is 2.40. The molecule has 1 amide bonds. The van der Waals surface area contributed by atoms with Crippen molar-refractivity contribution in [2.45, 2.75) is 52.7 Å². The highest BCUT2D eigenvalue weighted by atomic mass is 127. The lowest BCUT2D eigenvalue weighted by Gasteiger charge is -2.49. The molecular weight excluding hydrogens is 469 g/mol. The van der Waals surface area contributed by atoms with Crippen LogP contribution in [0.4, 0.5) is 0 Å². The van der Waals surface area contributed by atoms with Gasteiger partial charge in [0.25, 0.3) is 0 Å². The topological polar surface area (TPSA) is 78.1 Å². The molecule has 154 valence electrons. The van der Waals surface area contributed by atoms with Crippen LogP contribution < -0.4 is 5.32 Å². The number of hydrogen-bond donors (Lipinski definition) is 1. The summed E-state index contributed by atoms with van der Waals surface area (Å²) in [5.41, 5.74) is 0.538.